The van der Waals surface area contributed by atoms with Crippen molar-refractivity contribution in [3.8, 4) is 0 Å². The van der Waals surface area contributed by atoms with E-state index in [0.717, 1.165) is 71.3 Å². The van der Waals surface area contributed by atoms with E-state index in [2.05, 4.69) is 44.0 Å². The number of benzene rings is 1. The Hall–Kier alpha value is 0.452. The zero-order valence-electron chi connectivity index (χ0n) is 20.4. The normalized spacial score (nSPS) is 26.4. The Bertz CT molecular complexity index is 1110. The molecule has 4 atom stereocenters. The monoisotopic (exact) mass is 851 g/mol. The summed E-state index contributed by atoms with van der Waals surface area (Å²) in [6.07, 6.45) is 6.92. The number of aromatic nitrogens is 1. The van der Waals surface area contributed by atoms with Crippen molar-refractivity contribution in [2.75, 3.05) is 20.2 Å². The van der Waals surface area contributed by atoms with Crippen LogP contribution in [0, 0.1) is 55.9 Å². The number of pyridine rings is 1. The Morgan fingerprint density at radius 1 is 1.11 bits per heavy atom. The number of halogens is 3. The maximum Gasteiger partial charge on any atom is 0.225 e. The Morgan fingerprint density at radius 3 is 2.53 bits per heavy atom. The van der Waals surface area contributed by atoms with Crippen molar-refractivity contribution in [2.45, 2.75) is 63.1 Å². The van der Waals surface area contributed by atoms with E-state index in [9.17, 15) is 9.90 Å². The summed E-state index contributed by atoms with van der Waals surface area (Å²) in [4.78, 5) is 20.2. The molecule has 5 rings (SSSR count). The molecule has 9 heteroatoms. The van der Waals surface area contributed by atoms with Gasteiger partial charge in [-0.3, -0.25) is 9.78 Å². The van der Waals surface area contributed by atoms with E-state index in [1.165, 1.54) is 16.7 Å². The summed E-state index contributed by atoms with van der Waals surface area (Å²) in [5.41, 5.74) is 5.02. The van der Waals surface area contributed by atoms with Crippen LogP contribution in [-0.2, 0) is 22.4 Å². The van der Waals surface area contributed by atoms with Gasteiger partial charge in [-0.15, -0.1) is 0 Å². The molecule has 3 aliphatic rings. The quantitative estimate of drug-likeness (QED) is 0.418. The second kappa shape index (κ2) is 12.7. The van der Waals surface area contributed by atoms with Gasteiger partial charge in [0.05, 0.1) is 17.9 Å². The number of amides is 1. The van der Waals surface area contributed by atoms with Crippen LogP contribution in [0.1, 0.15) is 60.4 Å². The molecule has 191 valence electrons. The fourth-order valence-corrected chi connectivity index (χ4v) is 7.86. The number of hydrogen-bond donors (Lipinski definition) is 1. The molecule has 1 saturated carbocycles. The number of methoxy groups -OCH3 is 1. The summed E-state index contributed by atoms with van der Waals surface area (Å²) in [7, 11) is 1.63. The van der Waals surface area contributed by atoms with Crippen LogP contribution in [-0.4, -0.2) is 53.3 Å². The van der Waals surface area contributed by atoms with Crippen molar-refractivity contribution in [1.82, 2.24) is 9.88 Å². The molecule has 1 aromatic heterocycles. The summed E-state index contributed by atoms with van der Waals surface area (Å²) >= 11 is 13.9. The van der Waals surface area contributed by atoms with E-state index in [0.29, 0.717) is 12.3 Å². The first-order valence-electron chi connectivity index (χ1n) is 12.5. The molecule has 36 heavy (non-hydrogen) atoms. The molecule has 1 radical (unpaired) electrons. The average Bonchev–Trinajstić information content (AvgIpc) is 3.00. The molecule has 2 fully saturated rings. The molecular formula is C27H31AcBr2ClN2O3. The van der Waals surface area contributed by atoms with Crippen LogP contribution in [0.4, 0.5) is 0 Å². The Morgan fingerprint density at radius 2 is 1.83 bits per heavy atom. The molecule has 0 spiro atoms. The van der Waals surface area contributed by atoms with Gasteiger partial charge < -0.3 is 14.7 Å². The van der Waals surface area contributed by atoms with Crippen molar-refractivity contribution >= 4 is 49.4 Å². The fourth-order valence-electron chi connectivity index (χ4n) is 6.36. The van der Waals surface area contributed by atoms with Gasteiger partial charge in [0.15, 0.2) is 0 Å². The summed E-state index contributed by atoms with van der Waals surface area (Å²) in [6.45, 7) is 1.49. The third-order valence-electron chi connectivity index (χ3n) is 8.15. The first kappa shape index (κ1) is 29.4. The minimum atomic E-state index is -0.561. The number of ether oxygens (including phenoxy) is 1. The van der Waals surface area contributed by atoms with Gasteiger partial charge in [0.25, 0.3) is 0 Å². The summed E-state index contributed by atoms with van der Waals surface area (Å²) in [5, 5.41) is 11.1. The number of nitrogens with zero attached hydrogens (tertiary/aromatic N) is 2. The number of fused-ring (bicyclic) bond motifs is 2. The summed E-state index contributed by atoms with van der Waals surface area (Å²) in [6, 6.07) is 6.31. The molecule has 1 aliphatic heterocycles. The predicted molar refractivity (Wildman–Crippen MR) is 144 cm³/mol. The minimum absolute atomic E-state index is 0. The minimum Gasteiger partial charge on any atom is -0.390 e. The molecule has 3 unspecified atom stereocenters. The van der Waals surface area contributed by atoms with Gasteiger partial charge in [-0.25, -0.2) is 0 Å². The third kappa shape index (κ3) is 6.11. The number of hydrogen-bond acceptors (Lipinski definition) is 4. The smallest absolute Gasteiger partial charge is 0.225 e. The topological polar surface area (TPSA) is 62.7 Å². The van der Waals surface area contributed by atoms with Gasteiger partial charge in [0, 0.05) is 96.3 Å². The maximum atomic E-state index is 13.3. The standard InChI is InChI=1S/C27H31Br2ClN2O3.Ac/c1-35-23-5-4-18(12-22(23)33)27(34)32-8-6-15(7-9-32)25-24-16(11-20(30)13-21(24)29)2-3-17-10-19(28)14-31-26(17)25;/h10-11,13-15,18,22-23,25,33H,2-9,12H2,1H3;/t18?,22?,23?,25-;/m1./s1. The van der Waals surface area contributed by atoms with Crippen molar-refractivity contribution in [3.63, 3.8) is 0 Å². The maximum absolute atomic E-state index is 13.3. The molecule has 2 aliphatic carbocycles. The van der Waals surface area contributed by atoms with Gasteiger partial charge in [-0.05, 0) is 102 Å². The van der Waals surface area contributed by atoms with E-state index >= 15 is 0 Å². The molecule has 1 amide bonds. The van der Waals surface area contributed by atoms with Gasteiger partial charge in [-0.2, -0.15) is 0 Å². The molecule has 2 aromatic rings. The van der Waals surface area contributed by atoms with E-state index in [1.807, 2.05) is 17.2 Å². The first-order valence-corrected chi connectivity index (χ1v) is 14.4. The number of carbonyl (C=O) groups excluding carboxylic acids is 1. The van der Waals surface area contributed by atoms with Crippen LogP contribution in [0.2, 0.25) is 5.02 Å². The van der Waals surface area contributed by atoms with Crippen molar-refractivity contribution in [1.29, 1.82) is 0 Å². The zero-order chi connectivity index (χ0) is 24.7. The van der Waals surface area contributed by atoms with Gasteiger partial charge in [-0.1, -0.05) is 27.5 Å². The molecule has 0 bridgehead atoms. The molecule has 1 N–H and O–H groups in total. The Kier molecular flexibility index (Phi) is 10.4. The number of aryl methyl sites for hydroxylation is 2. The van der Waals surface area contributed by atoms with Crippen LogP contribution >= 0.6 is 43.5 Å². The number of piperidine rings is 1. The largest absolute Gasteiger partial charge is 0.390 e. The number of carbonyl (C=O) groups is 1. The molecule has 2 heterocycles. The fraction of sp³-hybridized carbons (Fsp3) is 0.556. The number of aliphatic hydroxyl groups is 1. The number of rotatable bonds is 3. The zero-order valence-corrected chi connectivity index (χ0v) is 29.1. The van der Waals surface area contributed by atoms with E-state index < -0.39 is 6.10 Å². The van der Waals surface area contributed by atoms with E-state index in [1.54, 1.807) is 7.11 Å². The van der Waals surface area contributed by atoms with E-state index in [4.69, 9.17) is 21.3 Å². The Labute approximate surface area is 270 Å². The van der Waals surface area contributed by atoms with Crippen LogP contribution < -0.4 is 0 Å². The summed E-state index contributed by atoms with van der Waals surface area (Å²) in [5.74, 6) is 0.630. The summed E-state index contributed by atoms with van der Waals surface area (Å²) < 4.78 is 7.40. The third-order valence-corrected chi connectivity index (χ3v) is 9.45. The van der Waals surface area contributed by atoms with Crippen LogP contribution in [0.3, 0.4) is 0 Å². The average molecular weight is 854 g/mol. The van der Waals surface area contributed by atoms with Crippen LogP contribution in [0.5, 0.6) is 0 Å². The molecular weight excluding hydrogens is 823 g/mol. The first-order chi connectivity index (χ1) is 16.9. The molecule has 5 nitrogen and oxygen atoms in total. The van der Waals surface area contributed by atoms with Crippen molar-refractivity contribution < 1.29 is 58.7 Å². The SMILES string of the molecule is COC1CCC(C(=O)N2CCC([C@H]3c4ncc(Br)cc4CCc4cc(Cl)cc(Br)c43)CC2)CC1O.[Ac]. The van der Waals surface area contributed by atoms with Crippen molar-refractivity contribution in [3.05, 3.63) is 60.7 Å². The molecule has 1 saturated heterocycles. The van der Waals surface area contributed by atoms with Gasteiger partial charge in [0.1, 0.15) is 0 Å². The number of likely N-dealkylation sites (tertiary alicyclic amines) is 1. The predicted octanol–water partition coefficient (Wildman–Crippen LogP) is 5.91. The number of aliphatic hydroxyl groups excluding tert-OH is 1. The van der Waals surface area contributed by atoms with Crippen LogP contribution in [0.15, 0.2) is 33.3 Å². The van der Waals surface area contributed by atoms with Gasteiger partial charge >= 0.3 is 0 Å². The van der Waals surface area contributed by atoms with Crippen LogP contribution in [0.25, 0.3) is 0 Å². The molecule has 1 aromatic carbocycles. The van der Waals surface area contributed by atoms with Crippen molar-refractivity contribution in [2.24, 2.45) is 11.8 Å². The second-order valence-corrected chi connectivity index (χ2v) is 12.4. The van der Waals surface area contributed by atoms with E-state index in [-0.39, 0.29) is 67.9 Å². The van der Waals surface area contributed by atoms with Gasteiger partial charge in [0.2, 0.25) is 5.91 Å². The second-order valence-electron chi connectivity index (χ2n) is 10.2. The Balaban J connectivity index is 0.00000304.